The molecule has 0 amide bonds. The molecule has 0 saturated carbocycles. The SMILES string of the molecule is CCCCCCC(=O)CCCCCC/C=C/CC1OC1C(N)(CO)C(=O)O. The number of ketones is 1. The molecular weight excluding hydrogens is 346 g/mol. The number of aliphatic carboxylic acids is 1. The normalized spacial score (nSPS) is 21.3. The van der Waals surface area contributed by atoms with Crippen molar-refractivity contribution in [3.8, 4) is 0 Å². The van der Waals surface area contributed by atoms with Crippen LogP contribution in [0.15, 0.2) is 12.2 Å². The maximum atomic E-state index is 11.7. The van der Waals surface area contributed by atoms with Crippen molar-refractivity contribution in [2.24, 2.45) is 5.73 Å². The molecule has 6 heteroatoms. The fraction of sp³-hybridized carbons (Fsp3) is 0.810. The van der Waals surface area contributed by atoms with Crippen LogP contribution in [-0.4, -0.2) is 46.3 Å². The lowest BCUT2D eigenvalue weighted by Crippen LogP contribution is -2.56. The quantitative estimate of drug-likeness (QED) is 0.202. The first-order chi connectivity index (χ1) is 13.0. The Hall–Kier alpha value is -1.24. The third kappa shape index (κ3) is 9.00. The van der Waals surface area contributed by atoms with Gasteiger partial charge in [0.15, 0.2) is 5.54 Å². The fourth-order valence-corrected chi connectivity index (χ4v) is 3.21. The van der Waals surface area contributed by atoms with Gasteiger partial charge in [0.05, 0.1) is 12.7 Å². The van der Waals surface area contributed by atoms with E-state index in [1.54, 1.807) is 0 Å². The maximum Gasteiger partial charge on any atom is 0.328 e. The van der Waals surface area contributed by atoms with Gasteiger partial charge >= 0.3 is 5.97 Å². The highest BCUT2D eigenvalue weighted by molar-refractivity contribution is 5.80. The van der Waals surface area contributed by atoms with Crippen molar-refractivity contribution in [2.75, 3.05) is 6.61 Å². The van der Waals surface area contributed by atoms with E-state index in [-0.39, 0.29) is 6.10 Å². The van der Waals surface area contributed by atoms with Crippen LogP contribution in [0.3, 0.4) is 0 Å². The molecule has 0 aliphatic carbocycles. The number of carboxylic acids is 1. The number of Topliss-reactive ketones (excluding diaryl/α,β-unsaturated/α-hetero) is 1. The summed E-state index contributed by atoms with van der Waals surface area (Å²) in [7, 11) is 0. The second kappa shape index (κ2) is 13.0. The zero-order valence-electron chi connectivity index (χ0n) is 16.7. The minimum atomic E-state index is -1.70. The summed E-state index contributed by atoms with van der Waals surface area (Å²) in [5, 5.41) is 18.2. The van der Waals surface area contributed by atoms with Crippen molar-refractivity contribution < 1.29 is 24.5 Å². The van der Waals surface area contributed by atoms with Gasteiger partial charge in [-0.2, -0.15) is 0 Å². The van der Waals surface area contributed by atoms with Gasteiger partial charge in [-0.05, 0) is 32.1 Å². The highest BCUT2D eigenvalue weighted by Crippen LogP contribution is 2.34. The number of rotatable bonds is 17. The van der Waals surface area contributed by atoms with Gasteiger partial charge < -0.3 is 20.7 Å². The average molecular weight is 384 g/mol. The molecule has 1 fully saturated rings. The Kier molecular flexibility index (Phi) is 11.5. The molecule has 1 saturated heterocycles. The predicted octanol–water partition coefficient (Wildman–Crippen LogP) is 3.35. The van der Waals surface area contributed by atoms with Crippen LogP contribution in [0, 0.1) is 0 Å². The summed E-state index contributed by atoms with van der Waals surface area (Å²) in [6, 6.07) is 0. The number of aliphatic hydroxyl groups is 1. The smallest absolute Gasteiger partial charge is 0.328 e. The number of hydrogen-bond acceptors (Lipinski definition) is 5. The Morgan fingerprint density at radius 3 is 2.26 bits per heavy atom. The molecule has 0 spiro atoms. The van der Waals surface area contributed by atoms with Crippen LogP contribution in [-0.2, 0) is 14.3 Å². The standard InChI is InChI=1S/C21H37NO5/c1-2-3-4-10-13-17(24)14-11-8-6-5-7-9-12-15-18-19(27-18)21(22,16-23)20(25)26/h9,12,18-19,23H,2-8,10-11,13-16,22H2,1H3,(H,25,26)/b12-9+. The van der Waals surface area contributed by atoms with Crippen molar-refractivity contribution >= 4 is 11.8 Å². The number of unbranched alkanes of at least 4 members (excludes halogenated alkanes) is 7. The number of aliphatic hydroxyl groups excluding tert-OH is 1. The first-order valence-corrected chi connectivity index (χ1v) is 10.4. The second-order valence-corrected chi connectivity index (χ2v) is 7.61. The monoisotopic (exact) mass is 383 g/mol. The van der Waals surface area contributed by atoms with E-state index in [1.807, 2.05) is 6.08 Å². The molecule has 0 aromatic rings. The number of ether oxygens (including phenoxy) is 1. The summed E-state index contributed by atoms with van der Waals surface area (Å²) >= 11 is 0. The molecule has 4 N–H and O–H groups in total. The topological polar surface area (TPSA) is 113 Å². The second-order valence-electron chi connectivity index (χ2n) is 7.61. The van der Waals surface area contributed by atoms with E-state index in [0.29, 0.717) is 12.2 Å². The van der Waals surface area contributed by atoms with Crippen LogP contribution < -0.4 is 5.73 Å². The summed E-state index contributed by atoms with van der Waals surface area (Å²) in [5.41, 5.74) is 3.97. The number of allylic oxidation sites excluding steroid dienone is 1. The van der Waals surface area contributed by atoms with Crippen LogP contribution in [0.4, 0.5) is 0 Å². The summed E-state index contributed by atoms with van der Waals surface area (Å²) in [4.78, 5) is 22.8. The lowest BCUT2D eigenvalue weighted by molar-refractivity contribution is -0.145. The van der Waals surface area contributed by atoms with E-state index in [4.69, 9.17) is 20.7 Å². The van der Waals surface area contributed by atoms with E-state index in [1.165, 1.54) is 19.3 Å². The molecule has 1 rings (SSSR count). The summed E-state index contributed by atoms with van der Waals surface area (Å²) in [6.07, 6.45) is 15.2. The summed E-state index contributed by atoms with van der Waals surface area (Å²) < 4.78 is 5.31. The number of carbonyl (C=O) groups is 2. The van der Waals surface area contributed by atoms with Gasteiger partial charge in [0.2, 0.25) is 0 Å². The van der Waals surface area contributed by atoms with Crippen molar-refractivity contribution in [1.29, 1.82) is 0 Å². The van der Waals surface area contributed by atoms with Gasteiger partial charge in [-0.3, -0.25) is 9.59 Å². The fourth-order valence-electron chi connectivity index (χ4n) is 3.21. The van der Waals surface area contributed by atoms with Crippen LogP contribution in [0.2, 0.25) is 0 Å². The zero-order chi connectivity index (χ0) is 20.1. The molecule has 3 unspecified atom stereocenters. The number of epoxide rings is 1. The van der Waals surface area contributed by atoms with Gasteiger partial charge in [0, 0.05) is 12.8 Å². The largest absolute Gasteiger partial charge is 0.480 e. The first-order valence-electron chi connectivity index (χ1n) is 10.4. The van der Waals surface area contributed by atoms with Crippen LogP contribution in [0.25, 0.3) is 0 Å². The van der Waals surface area contributed by atoms with E-state index < -0.39 is 24.2 Å². The number of nitrogens with two attached hydrogens (primary N) is 1. The molecule has 0 radical (unpaired) electrons. The van der Waals surface area contributed by atoms with E-state index in [2.05, 4.69) is 13.0 Å². The Labute approximate surface area is 163 Å². The van der Waals surface area contributed by atoms with Crippen LogP contribution >= 0.6 is 0 Å². The van der Waals surface area contributed by atoms with Gasteiger partial charge in [-0.15, -0.1) is 0 Å². The molecule has 1 aliphatic rings. The van der Waals surface area contributed by atoms with Crippen molar-refractivity contribution in [3.63, 3.8) is 0 Å². The molecule has 1 aliphatic heterocycles. The van der Waals surface area contributed by atoms with Gasteiger partial charge in [0.1, 0.15) is 11.9 Å². The summed E-state index contributed by atoms with van der Waals surface area (Å²) in [5.74, 6) is -0.828. The van der Waals surface area contributed by atoms with Crippen molar-refractivity contribution in [2.45, 2.75) is 102 Å². The van der Waals surface area contributed by atoms with Gasteiger partial charge in [-0.1, -0.05) is 51.2 Å². The lowest BCUT2D eigenvalue weighted by Gasteiger charge is -2.19. The first kappa shape index (κ1) is 23.8. The Balaban J connectivity index is 1.97. The lowest BCUT2D eigenvalue weighted by atomic mass is 9.94. The predicted molar refractivity (Wildman–Crippen MR) is 106 cm³/mol. The Morgan fingerprint density at radius 2 is 1.67 bits per heavy atom. The third-order valence-corrected chi connectivity index (χ3v) is 5.17. The van der Waals surface area contributed by atoms with E-state index in [9.17, 15) is 9.59 Å². The number of hydrogen-bond donors (Lipinski definition) is 3. The van der Waals surface area contributed by atoms with E-state index >= 15 is 0 Å². The third-order valence-electron chi connectivity index (χ3n) is 5.17. The zero-order valence-corrected chi connectivity index (χ0v) is 16.7. The minimum Gasteiger partial charge on any atom is -0.480 e. The average Bonchev–Trinajstić information content (AvgIpc) is 3.43. The van der Waals surface area contributed by atoms with Crippen molar-refractivity contribution in [1.82, 2.24) is 0 Å². The van der Waals surface area contributed by atoms with Crippen LogP contribution in [0.5, 0.6) is 0 Å². The Morgan fingerprint density at radius 1 is 1.04 bits per heavy atom. The molecule has 6 nitrogen and oxygen atoms in total. The molecule has 0 bridgehead atoms. The molecule has 156 valence electrons. The van der Waals surface area contributed by atoms with Crippen molar-refractivity contribution in [3.05, 3.63) is 12.2 Å². The van der Waals surface area contributed by atoms with Crippen LogP contribution in [0.1, 0.15) is 84.0 Å². The highest BCUT2D eigenvalue weighted by atomic mass is 16.6. The molecule has 1 heterocycles. The molecular formula is C21H37NO5. The molecule has 0 aromatic carbocycles. The van der Waals surface area contributed by atoms with Gasteiger partial charge in [0.25, 0.3) is 0 Å². The van der Waals surface area contributed by atoms with E-state index in [0.717, 1.165) is 51.4 Å². The number of carboxylic acid groups (broad SMARTS) is 1. The number of carbonyl (C=O) groups excluding carboxylic acids is 1. The Bertz CT molecular complexity index is 479. The maximum absolute atomic E-state index is 11.7. The molecule has 27 heavy (non-hydrogen) atoms. The molecule has 3 atom stereocenters. The summed E-state index contributed by atoms with van der Waals surface area (Å²) in [6.45, 7) is 1.54. The highest BCUT2D eigenvalue weighted by Gasteiger charge is 2.56. The van der Waals surface area contributed by atoms with Gasteiger partial charge in [-0.25, -0.2) is 0 Å². The minimum absolute atomic E-state index is 0.224. The molecule has 0 aromatic heterocycles.